The standard InChI is InChI=1S/C24H24FN3O3/c1-31-19-4-2-3-16(13-19)23-17(7-10-22(29)27-20-11-12-26-24(20)30)14-21(28-23)15-5-8-18(25)9-6-15/h2-6,8-9,13-14,20,28H,7,10-12H2,1H3,(H,26,30)(H,27,29). The molecule has 1 aliphatic heterocycles. The summed E-state index contributed by atoms with van der Waals surface area (Å²) in [7, 11) is 1.61. The summed E-state index contributed by atoms with van der Waals surface area (Å²) in [6, 6.07) is 15.5. The van der Waals surface area contributed by atoms with Gasteiger partial charge in [-0.1, -0.05) is 12.1 Å². The predicted octanol–water partition coefficient (Wildman–Crippen LogP) is 3.43. The van der Waals surface area contributed by atoms with E-state index in [9.17, 15) is 14.0 Å². The van der Waals surface area contributed by atoms with Gasteiger partial charge in [0.1, 0.15) is 17.6 Å². The van der Waals surface area contributed by atoms with Crippen LogP contribution in [0.2, 0.25) is 0 Å². The zero-order valence-electron chi connectivity index (χ0n) is 17.2. The van der Waals surface area contributed by atoms with Crippen molar-refractivity contribution in [2.24, 2.45) is 0 Å². The summed E-state index contributed by atoms with van der Waals surface area (Å²) >= 11 is 0. The molecule has 0 saturated carbocycles. The predicted molar refractivity (Wildman–Crippen MR) is 116 cm³/mol. The molecule has 1 atom stereocenters. The summed E-state index contributed by atoms with van der Waals surface area (Å²) in [6.07, 6.45) is 1.35. The lowest BCUT2D eigenvalue weighted by Gasteiger charge is -2.10. The van der Waals surface area contributed by atoms with Crippen molar-refractivity contribution in [2.75, 3.05) is 13.7 Å². The molecule has 1 saturated heterocycles. The number of ether oxygens (including phenoxy) is 1. The number of aromatic amines is 1. The summed E-state index contributed by atoms with van der Waals surface area (Å²) in [5.41, 5.74) is 4.45. The van der Waals surface area contributed by atoms with Crippen LogP contribution in [-0.2, 0) is 16.0 Å². The highest BCUT2D eigenvalue weighted by Gasteiger charge is 2.25. The highest BCUT2D eigenvalue weighted by atomic mass is 19.1. The number of rotatable bonds is 7. The van der Waals surface area contributed by atoms with Gasteiger partial charge in [-0.15, -0.1) is 0 Å². The molecule has 2 aromatic carbocycles. The van der Waals surface area contributed by atoms with Crippen molar-refractivity contribution < 1.29 is 18.7 Å². The van der Waals surface area contributed by atoms with Crippen LogP contribution in [0.15, 0.2) is 54.6 Å². The number of halogens is 1. The van der Waals surface area contributed by atoms with E-state index in [0.29, 0.717) is 19.4 Å². The van der Waals surface area contributed by atoms with Crippen molar-refractivity contribution in [1.29, 1.82) is 0 Å². The van der Waals surface area contributed by atoms with Crippen molar-refractivity contribution in [2.45, 2.75) is 25.3 Å². The van der Waals surface area contributed by atoms with Crippen molar-refractivity contribution in [1.82, 2.24) is 15.6 Å². The second-order valence-electron chi connectivity index (χ2n) is 7.52. The lowest BCUT2D eigenvalue weighted by atomic mass is 10.0. The van der Waals surface area contributed by atoms with Crippen LogP contribution in [0.5, 0.6) is 5.75 Å². The van der Waals surface area contributed by atoms with Gasteiger partial charge in [0.25, 0.3) is 0 Å². The van der Waals surface area contributed by atoms with E-state index in [-0.39, 0.29) is 24.1 Å². The minimum Gasteiger partial charge on any atom is -0.497 e. The maximum absolute atomic E-state index is 13.3. The largest absolute Gasteiger partial charge is 0.497 e. The van der Waals surface area contributed by atoms with Crippen LogP contribution < -0.4 is 15.4 Å². The number of benzene rings is 2. The summed E-state index contributed by atoms with van der Waals surface area (Å²) in [6.45, 7) is 0.586. The van der Waals surface area contributed by atoms with E-state index < -0.39 is 6.04 Å². The molecule has 7 heteroatoms. The number of H-pyrrole nitrogens is 1. The summed E-state index contributed by atoms with van der Waals surface area (Å²) in [4.78, 5) is 27.5. The zero-order chi connectivity index (χ0) is 21.8. The Bertz CT molecular complexity index is 1090. The van der Waals surface area contributed by atoms with Gasteiger partial charge in [-0.25, -0.2) is 4.39 Å². The van der Waals surface area contributed by atoms with Gasteiger partial charge in [0.2, 0.25) is 11.8 Å². The van der Waals surface area contributed by atoms with Gasteiger partial charge in [0.15, 0.2) is 0 Å². The third-order valence-corrected chi connectivity index (χ3v) is 5.42. The van der Waals surface area contributed by atoms with Gasteiger partial charge in [0, 0.05) is 29.9 Å². The number of hydrogen-bond acceptors (Lipinski definition) is 3. The minimum atomic E-state index is -0.452. The molecule has 6 nitrogen and oxygen atoms in total. The Labute approximate surface area is 179 Å². The number of carbonyl (C=O) groups is 2. The molecule has 31 heavy (non-hydrogen) atoms. The Morgan fingerprint density at radius 3 is 2.68 bits per heavy atom. The lowest BCUT2D eigenvalue weighted by Crippen LogP contribution is -2.40. The first-order chi connectivity index (χ1) is 15.0. The van der Waals surface area contributed by atoms with E-state index >= 15 is 0 Å². The van der Waals surface area contributed by atoms with Crippen LogP contribution in [0.3, 0.4) is 0 Å². The van der Waals surface area contributed by atoms with Crippen molar-refractivity contribution in [3.63, 3.8) is 0 Å². The second-order valence-corrected chi connectivity index (χ2v) is 7.52. The highest BCUT2D eigenvalue weighted by Crippen LogP contribution is 2.31. The second kappa shape index (κ2) is 9.04. The number of aromatic nitrogens is 1. The highest BCUT2D eigenvalue weighted by molar-refractivity contribution is 5.89. The van der Waals surface area contributed by atoms with Crippen LogP contribution in [-0.4, -0.2) is 36.5 Å². The number of carbonyl (C=O) groups excluding carboxylic acids is 2. The first-order valence-electron chi connectivity index (χ1n) is 10.2. The number of hydrogen-bond donors (Lipinski definition) is 3. The Hall–Kier alpha value is -3.61. The molecule has 1 aromatic heterocycles. The molecule has 2 amide bonds. The van der Waals surface area contributed by atoms with E-state index in [1.54, 1.807) is 19.2 Å². The third-order valence-electron chi connectivity index (χ3n) is 5.42. The van der Waals surface area contributed by atoms with Crippen LogP contribution in [0, 0.1) is 5.82 Å². The van der Waals surface area contributed by atoms with Crippen molar-refractivity contribution in [3.05, 3.63) is 66.0 Å². The molecule has 4 rings (SSSR count). The summed E-state index contributed by atoms with van der Waals surface area (Å²) in [5, 5.41) is 5.52. The minimum absolute atomic E-state index is 0.134. The normalized spacial score (nSPS) is 15.5. The maximum Gasteiger partial charge on any atom is 0.242 e. The maximum atomic E-state index is 13.3. The Balaban J connectivity index is 1.59. The van der Waals surface area contributed by atoms with E-state index in [2.05, 4.69) is 15.6 Å². The number of amides is 2. The van der Waals surface area contributed by atoms with Crippen molar-refractivity contribution in [3.8, 4) is 28.3 Å². The molecule has 0 spiro atoms. The molecule has 2 heterocycles. The molecular formula is C24H24FN3O3. The fourth-order valence-corrected chi connectivity index (χ4v) is 3.76. The molecule has 3 N–H and O–H groups in total. The average Bonchev–Trinajstić information content (AvgIpc) is 3.39. The van der Waals surface area contributed by atoms with E-state index in [0.717, 1.165) is 33.8 Å². The SMILES string of the molecule is COc1cccc(-c2[nH]c(-c3ccc(F)cc3)cc2CCC(=O)NC2CCNC2=O)c1. The quantitative estimate of drug-likeness (QED) is 0.547. The molecule has 160 valence electrons. The lowest BCUT2D eigenvalue weighted by molar-refractivity contribution is -0.127. The molecular weight excluding hydrogens is 397 g/mol. The number of nitrogens with one attached hydrogen (secondary N) is 3. The molecule has 3 aromatic rings. The van der Waals surface area contributed by atoms with Gasteiger partial charge < -0.3 is 20.4 Å². The Kier molecular flexibility index (Phi) is 6.02. The molecule has 1 fully saturated rings. The molecule has 0 bridgehead atoms. The monoisotopic (exact) mass is 421 g/mol. The van der Waals surface area contributed by atoms with E-state index in [4.69, 9.17) is 4.74 Å². The van der Waals surface area contributed by atoms with E-state index in [1.807, 2.05) is 30.3 Å². The number of methoxy groups -OCH3 is 1. The fraction of sp³-hybridized carbons (Fsp3) is 0.250. The molecule has 0 radical (unpaired) electrons. The van der Waals surface area contributed by atoms with Gasteiger partial charge in [0.05, 0.1) is 7.11 Å². The zero-order valence-corrected chi connectivity index (χ0v) is 17.2. The molecule has 0 aliphatic carbocycles. The van der Waals surface area contributed by atoms with Gasteiger partial charge in [-0.3, -0.25) is 9.59 Å². The smallest absolute Gasteiger partial charge is 0.242 e. The molecule has 1 unspecified atom stereocenters. The first kappa shape index (κ1) is 20.7. The Morgan fingerprint density at radius 2 is 1.97 bits per heavy atom. The number of aryl methyl sites for hydroxylation is 1. The summed E-state index contributed by atoms with van der Waals surface area (Å²) in [5.74, 6) is 0.136. The van der Waals surface area contributed by atoms with Crippen LogP contribution in [0.4, 0.5) is 4.39 Å². The summed E-state index contributed by atoms with van der Waals surface area (Å²) < 4.78 is 18.7. The van der Waals surface area contributed by atoms with Crippen LogP contribution in [0.25, 0.3) is 22.5 Å². The van der Waals surface area contributed by atoms with Crippen LogP contribution in [0.1, 0.15) is 18.4 Å². The fourth-order valence-electron chi connectivity index (χ4n) is 3.76. The van der Waals surface area contributed by atoms with Crippen LogP contribution >= 0.6 is 0 Å². The molecule has 1 aliphatic rings. The first-order valence-corrected chi connectivity index (χ1v) is 10.2. The van der Waals surface area contributed by atoms with Gasteiger partial charge in [-0.2, -0.15) is 0 Å². The average molecular weight is 421 g/mol. The van der Waals surface area contributed by atoms with Gasteiger partial charge in [-0.05, 0) is 66.4 Å². The topological polar surface area (TPSA) is 83.2 Å². The van der Waals surface area contributed by atoms with Crippen molar-refractivity contribution >= 4 is 11.8 Å². The Morgan fingerprint density at radius 1 is 1.16 bits per heavy atom. The third kappa shape index (κ3) is 4.77. The van der Waals surface area contributed by atoms with Gasteiger partial charge >= 0.3 is 0 Å². The van der Waals surface area contributed by atoms with E-state index in [1.165, 1.54) is 12.1 Å².